The first-order valence-corrected chi connectivity index (χ1v) is 7.86. The SMILES string of the molecule is CCNCc1ccc(OC)c(CN2C[C@@H](C)O[C@@H](C)C2)c1. The molecule has 1 aliphatic heterocycles. The zero-order valence-electron chi connectivity index (χ0n) is 13.7. The molecule has 1 saturated heterocycles. The fourth-order valence-corrected chi connectivity index (χ4v) is 2.99. The monoisotopic (exact) mass is 292 g/mol. The number of benzene rings is 1. The van der Waals surface area contributed by atoms with Crippen molar-refractivity contribution >= 4 is 0 Å². The van der Waals surface area contributed by atoms with Gasteiger partial charge in [-0.2, -0.15) is 0 Å². The molecule has 0 aromatic heterocycles. The second-order valence-electron chi connectivity index (χ2n) is 5.88. The fraction of sp³-hybridized carbons (Fsp3) is 0.647. The van der Waals surface area contributed by atoms with Gasteiger partial charge in [-0.05, 0) is 38.1 Å². The molecule has 4 heteroatoms. The molecule has 1 N–H and O–H groups in total. The summed E-state index contributed by atoms with van der Waals surface area (Å²) in [7, 11) is 1.74. The lowest BCUT2D eigenvalue weighted by Crippen LogP contribution is -2.44. The maximum absolute atomic E-state index is 5.80. The van der Waals surface area contributed by atoms with Gasteiger partial charge in [-0.25, -0.2) is 0 Å². The van der Waals surface area contributed by atoms with Crippen LogP contribution in [0.25, 0.3) is 0 Å². The largest absolute Gasteiger partial charge is 0.496 e. The summed E-state index contributed by atoms with van der Waals surface area (Å²) in [6, 6.07) is 6.47. The van der Waals surface area contributed by atoms with Gasteiger partial charge in [-0.1, -0.05) is 13.0 Å². The molecule has 2 atom stereocenters. The molecular weight excluding hydrogens is 264 g/mol. The van der Waals surface area contributed by atoms with E-state index in [-0.39, 0.29) is 0 Å². The fourth-order valence-electron chi connectivity index (χ4n) is 2.99. The van der Waals surface area contributed by atoms with Gasteiger partial charge in [0.05, 0.1) is 19.3 Å². The van der Waals surface area contributed by atoms with E-state index in [9.17, 15) is 0 Å². The summed E-state index contributed by atoms with van der Waals surface area (Å²) in [6.07, 6.45) is 0.592. The molecule has 0 amide bonds. The highest BCUT2D eigenvalue weighted by molar-refractivity contribution is 5.37. The standard InChI is InChI=1S/C17H28N2O2/c1-5-18-9-15-6-7-17(20-4)16(8-15)12-19-10-13(2)21-14(3)11-19/h6-8,13-14,18H,5,9-12H2,1-4H3/t13-,14+. The summed E-state index contributed by atoms with van der Waals surface area (Å²) in [4.78, 5) is 2.45. The van der Waals surface area contributed by atoms with Crippen molar-refractivity contribution in [3.05, 3.63) is 29.3 Å². The molecule has 1 aromatic carbocycles. The van der Waals surface area contributed by atoms with Crippen LogP contribution in [-0.4, -0.2) is 43.9 Å². The third kappa shape index (κ3) is 4.70. The first-order chi connectivity index (χ1) is 10.1. The Bertz CT molecular complexity index is 440. The summed E-state index contributed by atoms with van der Waals surface area (Å²) >= 11 is 0. The molecule has 118 valence electrons. The summed E-state index contributed by atoms with van der Waals surface area (Å²) in [6.45, 7) is 11.2. The molecule has 4 nitrogen and oxygen atoms in total. The maximum atomic E-state index is 5.80. The Morgan fingerprint density at radius 2 is 2.00 bits per heavy atom. The smallest absolute Gasteiger partial charge is 0.123 e. The van der Waals surface area contributed by atoms with Crippen molar-refractivity contribution < 1.29 is 9.47 Å². The summed E-state index contributed by atoms with van der Waals surface area (Å²) < 4.78 is 11.3. The van der Waals surface area contributed by atoms with Crippen molar-refractivity contribution in [1.82, 2.24) is 10.2 Å². The Kier molecular flexibility index (Phi) is 6.03. The van der Waals surface area contributed by atoms with E-state index in [1.807, 2.05) is 0 Å². The summed E-state index contributed by atoms with van der Waals surface area (Å²) in [5.74, 6) is 0.974. The molecule has 0 radical (unpaired) electrons. The van der Waals surface area contributed by atoms with Crippen LogP contribution in [0.3, 0.4) is 0 Å². The molecule has 0 bridgehead atoms. The number of hydrogen-bond donors (Lipinski definition) is 1. The van der Waals surface area contributed by atoms with E-state index < -0.39 is 0 Å². The van der Waals surface area contributed by atoms with Gasteiger partial charge in [0.2, 0.25) is 0 Å². The van der Waals surface area contributed by atoms with Crippen molar-refractivity contribution in [1.29, 1.82) is 0 Å². The van der Waals surface area contributed by atoms with E-state index in [1.54, 1.807) is 7.11 Å². The lowest BCUT2D eigenvalue weighted by atomic mass is 10.1. The molecular formula is C17H28N2O2. The van der Waals surface area contributed by atoms with Gasteiger partial charge in [0.25, 0.3) is 0 Å². The summed E-state index contributed by atoms with van der Waals surface area (Å²) in [5.41, 5.74) is 2.57. The van der Waals surface area contributed by atoms with Crippen molar-refractivity contribution in [3.8, 4) is 5.75 Å². The third-order valence-electron chi connectivity index (χ3n) is 3.81. The number of nitrogens with zero attached hydrogens (tertiary/aromatic N) is 1. The number of hydrogen-bond acceptors (Lipinski definition) is 4. The molecule has 0 saturated carbocycles. The number of morpholine rings is 1. The van der Waals surface area contributed by atoms with Crippen LogP contribution in [0.2, 0.25) is 0 Å². The third-order valence-corrected chi connectivity index (χ3v) is 3.81. The van der Waals surface area contributed by atoms with Crippen LogP contribution in [-0.2, 0) is 17.8 Å². The van der Waals surface area contributed by atoms with Crippen LogP contribution in [0.15, 0.2) is 18.2 Å². The predicted molar refractivity (Wildman–Crippen MR) is 85.7 cm³/mol. The van der Waals surface area contributed by atoms with Gasteiger partial charge in [-0.3, -0.25) is 4.90 Å². The number of nitrogens with one attached hydrogen (secondary N) is 1. The minimum absolute atomic E-state index is 0.296. The van der Waals surface area contributed by atoms with E-state index in [4.69, 9.17) is 9.47 Å². The average Bonchev–Trinajstić information content (AvgIpc) is 2.44. The van der Waals surface area contributed by atoms with Gasteiger partial charge >= 0.3 is 0 Å². The molecule has 0 aliphatic carbocycles. The molecule has 1 aromatic rings. The molecule has 1 heterocycles. The molecule has 1 aliphatic rings. The van der Waals surface area contributed by atoms with Crippen molar-refractivity contribution in [2.24, 2.45) is 0 Å². The topological polar surface area (TPSA) is 33.7 Å². The quantitative estimate of drug-likeness (QED) is 0.873. The van der Waals surface area contributed by atoms with Gasteiger partial charge in [0, 0.05) is 31.7 Å². The Morgan fingerprint density at radius 3 is 2.62 bits per heavy atom. The number of methoxy groups -OCH3 is 1. The molecule has 0 spiro atoms. The highest BCUT2D eigenvalue weighted by Gasteiger charge is 2.23. The van der Waals surface area contributed by atoms with Crippen LogP contribution in [0, 0.1) is 0 Å². The van der Waals surface area contributed by atoms with Crippen LogP contribution < -0.4 is 10.1 Å². The number of rotatable bonds is 6. The molecule has 21 heavy (non-hydrogen) atoms. The summed E-state index contributed by atoms with van der Waals surface area (Å²) in [5, 5.41) is 3.37. The lowest BCUT2D eigenvalue weighted by molar-refractivity contribution is -0.0706. The van der Waals surface area contributed by atoms with Crippen LogP contribution >= 0.6 is 0 Å². The van der Waals surface area contributed by atoms with Crippen LogP contribution in [0.4, 0.5) is 0 Å². The average molecular weight is 292 g/mol. The second kappa shape index (κ2) is 7.78. The van der Waals surface area contributed by atoms with E-state index in [0.29, 0.717) is 12.2 Å². The Labute approximate surface area is 128 Å². The Morgan fingerprint density at radius 1 is 1.29 bits per heavy atom. The van der Waals surface area contributed by atoms with E-state index in [2.05, 4.69) is 49.2 Å². The van der Waals surface area contributed by atoms with Gasteiger partial charge in [-0.15, -0.1) is 0 Å². The van der Waals surface area contributed by atoms with Gasteiger partial charge in [0.1, 0.15) is 5.75 Å². The predicted octanol–water partition coefficient (Wildman–Crippen LogP) is 2.41. The maximum Gasteiger partial charge on any atom is 0.123 e. The van der Waals surface area contributed by atoms with Gasteiger partial charge in [0.15, 0.2) is 0 Å². The number of ether oxygens (including phenoxy) is 2. The molecule has 1 fully saturated rings. The highest BCUT2D eigenvalue weighted by atomic mass is 16.5. The van der Waals surface area contributed by atoms with Crippen molar-refractivity contribution in [2.45, 2.75) is 46.1 Å². The van der Waals surface area contributed by atoms with Gasteiger partial charge < -0.3 is 14.8 Å². The zero-order valence-corrected chi connectivity index (χ0v) is 13.7. The lowest BCUT2D eigenvalue weighted by Gasteiger charge is -2.35. The first kappa shape index (κ1) is 16.3. The minimum Gasteiger partial charge on any atom is -0.496 e. The van der Waals surface area contributed by atoms with Crippen LogP contribution in [0.5, 0.6) is 5.75 Å². The zero-order chi connectivity index (χ0) is 15.2. The van der Waals surface area contributed by atoms with Crippen molar-refractivity contribution in [3.63, 3.8) is 0 Å². The highest BCUT2D eigenvalue weighted by Crippen LogP contribution is 2.23. The first-order valence-electron chi connectivity index (χ1n) is 7.86. The molecule has 0 unspecified atom stereocenters. The second-order valence-corrected chi connectivity index (χ2v) is 5.88. The Hall–Kier alpha value is -1.10. The minimum atomic E-state index is 0.296. The van der Waals surface area contributed by atoms with Crippen molar-refractivity contribution in [2.75, 3.05) is 26.7 Å². The van der Waals surface area contributed by atoms with Crippen LogP contribution in [0.1, 0.15) is 31.9 Å². The van der Waals surface area contributed by atoms with E-state index in [1.165, 1.54) is 11.1 Å². The normalized spacial score (nSPS) is 23.2. The van der Waals surface area contributed by atoms with E-state index >= 15 is 0 Å². The molecule has 2 rings (SSSR count). The van der Waals surface area contributed by atoms with E-state index in [0.717, 1.165) is 38.5 Å². The Balaban J connectivity index is 2.09.